The summed E-state index contributed by atoms with van der Waals surface area (Å²) in [5, 5.41) is 2.99. The summed E-state index contributed by atoms with van der Waals surface area (Å²) in [6, 6.07) is 23.1. The number of carbonyl (C=O) groups is 2. The van der Waals surface area contributed by atoms with Crippen LogP contribution in [-0.2, 0) is 22.6 Å². The average Bonchev–Trinajstić information content (AvgIpc) is 3.01. The van der Waals surface area contributed by atoms with E-state index in [0.717, 1.165) is 28.9 Å². The first kappa shape index (κ1) is 24.3. The minimum atomic E-state index is -0.537. The van der Waals surface area contributed by atoms with Gasteiger partial charge in [0.15, 0.2) is 6.10 Å². The third-order valence-corrected chi connectivity index (χ3v) is 6.35. The Hall–Kier alpha value is -3.80. The number of anilines is 1. The van der Waals surface area contributed by atoms with E-state index in [0.29, 0.717) is 24.4 Å². The zero-order valence-electron chi connectivity index (χ0n) is 20.5. The molecule has 6 heteroatoms. The second-order valence-electron chi connectivity index (χ2n) is 8.71. The standard InChI is InChI=1S/C29H32N2O4/c1-4-25(21-9-7-6-8-10-21)31-19-22-18-23(13-16-27(22)35-26(5-2)29(31)33)30-28(32)17-20-11-14-24(34-3)15-12-20/h6-16,18,25-26H,4-5,17,19H2,1-3H3,(H,30,32). The summed E-state index contributed by atoms with van der Waals surface area (Å²) >= 11 is 0. The van der Waals surface area contributed by atoms with E-state index >= 15 is 0 Å². The van der Waals surface area contributed by atoms with Crippen molar-refractivity contribution in [3.8, 4) is 11.5 Å². The van der Waals surface area contributed by atoms with Crippen LogP contribution in [0.25, 0.3) is 0 Å². The maximum Gasteiger partial charge on any atom is 0.264 e. The van der Waals surface area contributed by atoms with Crippen molar-refractivity contribution < 1.29 is 19.1 Å². The molecule has 35 heavy (non-hydrogen) atoms. The Bertz CT molecular complexity index is 1160. The largest absolute Gasteiger partial charge is 0.497 e. The molecule has 0 spiro atoms. The molecule has 3 aromatic rings. The summed E-state index contributed by atoms with van der Waals surface area (Å²) in [6.07, 6.45) is 1.09. The highest BCUT2D eigenvalue weighted by molar-refractivity contribution is 5.92. The number of benzene rings is 3. The smallest absolute Gasteiger partial charge is 0.264 e. The average molecular weight is 473 g/mol. The molecule has 0 saturated carbocycles. The number of nitrogens with one attached hydrogen (secondary N) is 1. The lowest BCUT2D eigenvalue weighted by Gasteiger charge is -2.32. The maximum atomic E-state index is 13.5. The molecular weight excluding hydrogens is 440 g/mol. The molecule has 0 aromatic heterocycles. The van der Waals surface area contributed by atoms with E-state index in [4.69, 9.17) is 9.47 Å². The van der Waals surface area contributed by atoms with E-state index < -0.39 is 6.10 Å². The third-order valence-electron chi connectivity index (χ3n) is 6.35. The molecule has 182 valence electrons. The highest BCUT2D eigenvalue weighted by atomic mass is 16.5. The van der Waals surface area contributed by atoms with Gasteiger partial charge in [-0.15, -0.1) is 0 Å². The summed E-state index contributed by atoms with van der Waals surface area (Å²) in [6.45, 7) is 4.47. The first-order valence-electron chi connectivity index (χ1n) is 12.1. The number of fused-ring (bicyclic) bond motifs is 1. The van der Waals surface area contributed by atoms with Crippen LogP contribution in [0.4, 0.5) is 5.69 Å². The molecule has 0 fully saturated rings. The highest BCUT2D eigenvalue weighted by Crippen LogP contribution is 2.34. The van der Waals surface area contributed by atoms with Crippen molar-refractivity contribution in [2.75, 3.05) is 12.4 Å². The zero-order valence-corrected chi connectivity index (χ0v) is 20.5. The van der Waals surface area contributed by atoms with Gasteiger partial charge in [-0.2, -0.15) is 0 Å². The first-order chi connectivity index (χ1) is 17.0. The Labute approximate surface area is 206 Å². The quantitative estimate of drug-likeness (QED) is 0.468. The van der Waals surface area contributed by atoms with Crippen LogP contribution in [-0.4, -0.2) is 29.9 Å². The third kappa shape index (κ3) is 5.65. The molecule has 2 atom stereocenters. The second-order valence-corrected chi connectivity index (χ2v) is 8.71. The molecule has 0 radical (unpaired) electrons. The van der Waals surface area contributed by atoms with Gasteiger partial charge in [0.25, 0.3) is 5.91 Å². The van der Waals surface area contributed by atoms with E-state index in [2.05, 4.69) is 24.4 Å². The molecule has 0 bridgehead atoms. The lowest BCUT2D eigenvalue weighted by Crippen LogP contribution is -2.41. The fraction of sp³-hybridized carbons (Fsp3) is 0.310. The fourth-order valence-corrected chi connectivity index (χ4v) is 4.51. The zero-order chi connectivity index (χ0) is 24.8. The van der Waals surface area contributed by atoms with Crippen LogP contribution in [0.2, 0.25) is 0 Å². The van der Waals surface area contributed by atoms with Gasteiger partial charge >= 0.3 is 0 Å². The minimum absolute atomic E-state index is 0.00973. The molecule has 4 rings (SSSR count). The molecule has 1 heterocycles. The summed E-state index contributed by atoms with van der Waals surface area (Å²) in [5.74, 6) is 1.32. The number of hydrogen-bond acceptors (Lipinski definition) is 4. The van der Waals surface area contributed by atoms with Crippen molar-refractivity contribution in [3.63, 3.8) is 0 Å². The topological polar surface area (TPSA) is 67.9 Å². The highest BCUT2D eigenvalue weighted by Gasteiger charge is 2.34. The van der Waals surface area contributed by atoms with Gasteiger partial charge in [0.05, 0.1) is 26.1 Å². The molecule has 0 aliphatic carbocycles. The van der Waals surface area contributed by atoms with E-state index in [1.54, 1.807) is 7.11 Å². The first-order valence-corrected chi connectivity index (χ1v) is 12.1. The van der Waals surface area contributed by atoms with Crippen molar-refractivity contribution in [3.05, 3.63) is 89.5 Å². The van der Waals surface area contributed by atoms with E-state index in [9.17, 15) is 9.59 Å². The van der Waals surface area contributed by atoms with Gasteiger partial charge in [-0.05, 0) is 54.3 Å². The van der Waals surface area contributed by atoms with Crippen molar-refractivity contribution in [1.29, 1.82) is 0 Å². The number of amides is 2. The molecule has 1 N–H and O–H groups in total. The summed E-state index contributed by atoms with van der Waals surface area (Å²) in [5.41, 5.74) is 3.56. The predicted molar refractivity (Wildman–Crippen MR) is 137 cm³/mol. The number of rotatable bonds is 8. The molecule has 2 unspecified atom stereocenters. The van der Waals surface area contributed by atoms with Crippen LogP contribution in [0.5, 0.6) is 11.5 Å². The van der Waals surface area contributed by atoms with Gasteiger partial charge in [-0.1, -0.05) is 56.3 Å². The van der Waals surface area contributed by atoms with Gasteiger partial charge in [0, 0.05) is 11.3 Å². The van der Waals surface area contributed by atoms with Gasteiger partial charge in [0.2, 0.25) is 5.91 Å². The Morgan fingerprint density at radius 1 is 1.09 bits per heavy atom. The summed E-state index contributed by atoms with van der Waals surface area (Å²) < 4.78 is 11.3. The van der Waals surface area contributed by atoms with Crippen molar-refractivity contribution in [1.82, 2.24) is 4.90 Å². The van der Waals surface area contributed by atoms with E-state index in [-0.39, 0.29) is 24.3 Å². The van der Waals surface area contributed by atoms with E-state index in [1.807, 2.05) is 72.5 Å². The van der Waals surface area contributed by atoms with Gasteiger partial charge < -0.3 is 19.7 Å². The lowest BCUT2D eigenvalue weighted by atomic mass is 10.0. The Morgan fingerprint density at radius 3 is 2.49 bits per heavy atom. The SMILES string of the molecule is CCC1Oc2ccc(NC(=O)Cc3ccc(OC)cc3)cc2CN(C(CC)c2ccccc2)C1=O. The molecular formula is C29H32N2O4. The Kier molecular flexibility index (Phi) is 7.70. The van der Waals surface area contributed by atoms with Gasteiger partial charge in [0.1, 0.15) is 11.5 Å². The van der Waals surface area contributed by atoms with Crippen LogP contribution in [0, 0.1) is 0 Å². The van der Waals surface area contributed by atoms with Crippen molar-refractivity contribution >= 4 is 17.5 Å². The fourth-order valence-electron chi connectivity index (χ4n) is 4.51. The minimum Gasteiger partial charge on any atom is -0.497 e. The number of methoxy groups -OCH3 is 1. The van der Waals surface area contributed by atoms with Crippen LogP contribution in [0.1, 0.15) is 49.4 Å². The van der Waals surface area contributed by atoms with Gasteiger partial charge in [-0.3, -0.25) is 9.59 Å². The molecule has 2 amide bonds. The number of carbonyl (C=O) groups excluding carboxylic acids is 2. The lowest BCUT2D eigenvalue weighted by molar-refractivity contribution is -0.141. The summed E-state index contributed by atoms with van der Waals surface area (Å²) in [7, 11) is 1.61. The van der Waals surface area contributed by atoms with Crippen LogP contribution in [0.3, 0.4) is 0 Å². The Balaban J connectivity index is 1.56. The normalized spacial score (nSPS) is 16.0. The van der Waals surface area contributed by atoms with Crippen LogP contribution >= 0.6 is 0 Å². The predicted octanol–water partition coefficient (Wildman–Crippen LogP) is 5.53. The molecule has 3 aromatic carbocycles. The molecule has 1 aliphatic heterocycles. The summed E-state index contributed by atoms with van der Waals surface area (Å²) in [4.78, 5) is 28.1. The Morgan fingerprint density at radius 2 is 1.83 bits per heavy atom. The van der Waals surface area contributed by atoms with Crippen molar-refractivity contribution in [2.45, 2.75) is 51.8 Å². The van der Waals surface area contributed by atoms with E-state index in [1.165, 1.54) is 0 Å². The maximum absolute atomic E-state index is 13.5. The van der Waals surface area contributed by atoms with Crippen LogP contribution < -0.4 is 14.8 Å². The monoisotopic (exact) mass is 472 g/mol. The van der Waals surface area contributed by atoms with Crippen molar-refractivity contribution in [2.24, 2.45) is 0 Å². The molecule has 1 aliphatic rings. The van der Waals surface area contributed by atoms with Gasteiger partial charge in [-0.25, -0.2) is 0 Å². The molecule has 0 saturated heterocycles. The number of ether oxygens (including phenoxy) is 2. The molecule has 6 nitrogen and oxygen atoms in total. The van der Waals surface area contributed by atoms with Crippen LogP contribution in [0.15, 0.2) is 72.8 Å². The second kappa shape index (κ2) is 11.1. The number of nitrogens with zero attached hydrogens (tertiary/aromatic N) is 1. The number of hydrogen-bond donors (Lipinski definition) is 1.